The number of carbonyl (C=O) groups is 1. The molecule has 0 spiro atoms. The van der Waals surface area contributed by atoms with E-state index in [4.69, 9.17) is 0 Å². The van der Waals surface area contributed by atoms with Crippen LogP contribution in [0.3, 0.4) is 0 Å². The lowest BCUT2D eigenvalue weighted by Crippen LogP contribution is -2.50. The Kier molecular flexibility index (Phi) is 9.57. The number of aliphatic imine (C=N–C) groups is 1. The van der Waals surface area contributed by atoms with Crippen LogP contribution in [-0.4, -0.2) is 80.3 Å². The van der Waals surface area contributed by atoms with Crippen molar-refractivity contribution in [3.63, 3.8) is 0 Å². The van der Waals surface area contributed by atoms with Gasteiger partial charge in [-0.2, -0.15) is 0 Å². The van der Waals surface area contributed by atoms with E-state index in [0.717, 1.165) is 49.1 Å². The van der Waals surface area contributed by atoms with Crippen LogP contribution in [0, 0.1) is 5.82 Å². The molecule has 156 valence electrons. The molecule has 0 saturated carbocycles. The van der Waals surface area contributed by atoms with Crippen molar-refractivity contribution in [1.82, 2.24) is 20.4 Å². The van der Waals surface area contributed by atoms with Crippen molar-refractivity contribution in [3.8, 4) is 0 Å². The Morgan fingerprint density at radius 3 is 2.57 bits per heavy atom. The molecule has 0 unspecified atom stereocenters. The molecule has 2 rings (SSSR count). The molecular weight excluding hydrogens is 377 g/mol. The number of piperidine rings is 1. The number of likely N-dealkylation sites (tertiary alicyclic amines) is 1. The first kappa shape index (κ1) is 22.5. The molecule has 6 nitrogen and oxygen atoms in total. The third-order valence-electron chi connectivity index (χ3n) is 4.57. The maximum Gasteiger partial charge on any atom is 0.236 e. The van der Waals surface area contributed by atoms with Crippen molar-refractivity contribution in [3.05, 3.63) is 30.1 Å². The van der Waals surface area contributed by atoms with Crippen LogP contribution in [0.5, 0.6) is 0 Å². The second-order valence-corrected chi connectivity index (χ2v) is 8.21. The molecule has 0 aromatic heterocycles. The average Bonchev–Trinajstić information content (AvgIpc) is 2.68. The van der Waals surface area contributed by atoms with Crippen molar-refractivity contribution < 1.29 is 9.18 Å². The molecule has 1 saturated heterocycles. The second-order valence-electron chi connectivity index (χ2n) is 7.05. The van der Waals surface area contributed by atoms with E-state index in [1.54, 1.807) is 42.9 Å². The third-order valence-corrected chi connectivity index (χ3v) is 5.57. The lowest BCUT2D eigenvalue weighted by atomic mass is 10.1. The van der Waals surface area contributed by atoms with E-state index >= 15 is 0 Å². The van der Waals surface area contributed by atoms with Gasteiger partial charge in [0.15, 0.2) is 5.96 Å². The lowest BCUT2D eigenvalue weighted by Gasteiger charge is -2.33. The average molecular weight is 410 g/mol. The summed E-state index contributed by atoms with van der Waals surface area (Å²) in [6, 6.07) is 6.92. The summed E-state index contributed by atoms with van der Waals surface area (Å²) in [7, 11) is 3.59. The Bertz CT molecular complexity index is 630. The normalized spacial score (nSPS) is 16.1. The molecule has 0 aliphatic carbocycles. The van der Waals surface area contributed by atoms with E-state index in [1.807, 2.05) is 0 Å². The van der Waals surface area contributed by atoms with Gasteiger partial charge in [0.2, 0.25) is 5.91 Å². The first-order valence-corrected chi connectivity index (χ1v) is 10.8. The number of guanidine groups is 1. The molecule has 1 fully saturated rings. The molecular formula is C20H32FN5OS. The maximum absolute atomic E-state index is 12.9. The van der Waals surface area contributed by atoms with Crippen molar-refractivity contribution in [2.45, 2.75) is 30.7 Å². The van der Waals surface area contributed by atoms with Crippen molar-refractivity contribution >= 4 is 23.6 Å². The number of hydrogen-bond donors (Lipinski definition) is 2. The zero-order valence-electron chi connectivity index (χ0n) is 17.1. The molecule has 1 aromatic rings. The van der Waals surface area contributed by atoms with Crippen LogP contribution in [0.4, 0.5) is 4.39 Å². The highest BCUT2D eigenvalue weighted by Crippen LogP contribution is 2.17. The summed E-state index contributed by atoms with van der Waals surface area (Å²) in [4.78, 5) is 21.4. The SMILES string of the molecule is CCNC(=NCCSc1ccc(F)cc1)NC1CCN(CC(=O)N(C)C)CC1. The Morgan fingerprint density at radius 1 is 1.29 bits per heavy atom. The molecule has 2 N–H and O–H groups in total. The number of carbonyl (C=O) groups excluding carboxylic acids is 1. The first-order valence-electron chi connectivity index (χ1n) is 9.83. The van der Waals surface area contributed by atoms with Gasteiger partial charge in [-0.05, 0) is 44.0 Å². The van der Waals surface area contributed by atoms with Gasteiger partial charge < -0.3 is 15.5 Å². The quantitative estimate of drug-likeness (QED) is 0.298. The van der Waals surface area contributed by atoms with Crippen LogP contribution in [0.1, 0.15) is 19.8 Å². The van der Waals surface area contributed by atoms with Gasteiger partial charge in [0.05, 0.1) is 13.1 Å². The lowest BCUT2D eigenvalue weighted by molar-refractivity contribution is -0.130. The van der Waals surface area contributed by atoms with Gasteiger partial charge in [0.1, 0.15) is 5.82 Å². The predicted molar refractivity (Wildman–Crippen MR) is 114 cm³/mol. The summed E-state index contributed by atoms with van der Waals surface area (Å²) in [5.74, 6) is 1.62. The molecule has 1 amide bonds. The monoisotopic (exact) mass is 409 g/mol. The number of likely N-dealkylation sites (N-methyl/N-ethyl adjacent to an activating group) is 1. The van der Waals surface area contributed by atoms with E-state index in [2.05, 4.69) is 27.4 Å². The second kappa shape index (κ2) is 11.9. The van der Waals surface area contributed by atoms with Gasteiger partial charge in [0, 0.05) is 50.4 Å². The fraction of sp³-hybridized carbons (Fsp3) is 0.600. The zero-order valence-corrected chi connectivity index (χ0v) is 17.9. The van der Waals surface area contributed by atoms with E-state index in [-0.39, 0.29) is 11.7 Å². The number of halogens is 1. The van der Waals surface area contributed by atoms with Crippen LogP contribution in [0.15, 0.2) is 34.2 Å². The van der Waals surface area contributed by atoms with Gasteiger partial charge in [-0.15, -0.1) is 11.8 Å². The van der Waals surface area contributed by atoms with Gasteiger partial charge in [-0.3, -0.25) is 14.7 Å². The number of nitrogens with zero attached hydrogens (tertiary/aromatic N) is 3. The molecule has 1 aliphatic heterocycles. The fourth-order valence-electron chi connectivity index (χ4n) is 2.93. The Morgan fingerprint density at radius 2 is 1.96 bits per heavy atom. The highest BCUT2D eigenvalue weighted by Gasteiger charge is 2.21. The zero-order chi connectivity index (χ0) is 20.4. The molecule has 0 atom stereocenters. The highest BCUT2D eigenvalue weighted by molar-refractivity contribution is 7.99. The summed E-state index contributed by atoms with van der Waals surface area (Å²) in [6.07, 6.45) is 1.99. The summed E-state index contributed by atoms with van der Waals surface area (Å²) in [5, 5.41) is 6.82. The van der Waals surface area contributed by atoms with Crippen LogP contribution in [0.2, 0.25) is 0 Å². The number of amides is 1. The highest BCUT2D eigenvalue weighted by atomic mass is 32.2. The molecule has 1 aromatic carbocycles. The smallest absolute Gasteiger partial charge is 0.236 e. The molecule has 8 heteroatoms. The van der Waals surface area contributed by atoms with Crippen molar-refractivity contribution in [1.29, 1.82) is 0 Å². The van der Waals surface area contributed by atoms with Crippen molar-refractivity contribution in [2.75, 3.05) is 52.6 Å². The van der Waals surface area contributed by atoms with Gasteiger partial charge in [-0.25, -0.2) is 4.39 Å². The maximum atomic E-state index is 12.9. The summed E-state index contributed by atoms with van der Waals surface area (Å²) in [5.41, 5.74) is 0. The minimum absolute atomic E-state index is 0.153. The van der Waals surface area contributed by atoms with Gasteiger partial charge in [0.25, 0.3) is 0 Å². The molecule has 0 radical (unpaired) electrons. The molecule has 28 heavy (non-hydrogen) atoms. The molecule has 1 heterocycles. The van der Waals surface area contributed by atoms with Crippen LogP contribution in [-0.2, 0) is 4.79 Å². The summed E-state index contributed by atoms with van der Waals surface area (Å²) >= 11 is 1.67. The Balaban J connectivity index is 1.73. The van der Waals surface area contributed by atoms with Crippen molar-refractivity contribution in [2.24, 2.45) is 4.99 Å². The van der Waals surface area contributed by atoms with E-state index in [0.29, 0.717) is 19.1 Å². The fourth-order valence-corrected chi connectivity index (χ4v) is 3.68. The predicted octanol–water partition coefficient (Wildman–Crippen LogP) is 2.03. The molecule has 1 aliphatic rings. The van der Waals surface area contributed by atoms with Crippen LogP contribution >= 0.6 is 11.8 Å². The Labute approximate surface area is 171 Å². The molecule has 0 bridgehead atoms. The largest absolute Gasteiger partial charge is 0.357 e. The number of rotatable bonds is 8. The third kappa shape index (κ3) is 8.06. The standard InChI is InChI=1S/C20H32FN5OS/c1-4-22-20(23-11-14-28-18-7-5-16(21)6-8-18)24-17-9-12-26(13-10-17)15-19(27)25(2)3/h5-8,17H,4,9-15H2,1-3H3,(H2,22,23,24). The summed E-state index contributed by atoms with van der Waals surface area (Å²) < 4.78 is 12.9. The van der Waals surface area contributed by atoms with Crippen LogP contribution < -0.4 is 10.6 Å². The number of hydrogen-bond acceptors (Lipinski definition) is 4. The number of thioether (sulfide) groups is 1. The summed E-state index contributed by atoms with van der Waals surface area (Å²) in [6.45, 7) is 5.88. The number of benzene rings is 1. The Hall–Kier alpha value is -1.80. The topological polar surface area (TPSA) is 60.0 Å². The first-order chi connectivity index (χ1) is 13.5. The number of nitrogens with one attached hydrogen (secondary N) is 2. The van der Waals surface area contributed by atoms with E-state index in [9.17, 15) is 9.18 Å². The van der Waals surface area contributed by atoms with E-state index in [1.165, 1.54) is 12.1 Å². The minimum Gasteiger partial charge on any atom is -0.357 e. The van der Waals surface area contributed by atoms with Crippen LogP contribution in [0.25, 0.3) is 0 Å². The minimum atomic E-state index is -0.210. The van der Waals surface area contributed by atoms with Gasteiger partial charge in [-0.1, -0.05) is 0 Å². The van der Waals surface area contributed by atoms with Gasteiger partial charge >= 0.3 is 0 Å². The van der Waals surface area contributed by atoms with E-state index < -0.39 is 0 Å².